The van der Waals surface area contributed by atoms with Gasteiger partial charge in [0.2, 0.25) is 0 Å². The van der Waals surface area contributed by atoms with Gasteiger partial charge in [0.05, 0.1) is 12.0 Å². The van der Waals surface area contributed by atoms with Crippen molar-refractivity contribution < 1.29 is 0 Å². The summed E-state index contributed by atoms with van der Waals surface area (Å²) in [5.74, 6) is 0.898. The van der Waals surface area contributed by atoms with Gasteiger partial charge >= 0.3 is 0 Å². The van der Waals surface area contributed by atoms with Gasteiger partial charge < -0.3 is 15.2 Å². The third kappa shape index (κ3) is 4.10. The van der Waals surface area contributed by atoms with Crippen LogP contribution in [0.1, 0.15) is 37.8 Å². The summed E-state index contributed by atoms with van der Waals surface area (Å²) in [6.45, 7) is 3.70. The molecule has 1 aliphatic carbocycles. The largest absolute Gasteiger partial charge is 0.336 e. The van der Waals surface area contributed by atoms with E-state index in [-0.39, 0.29) is 0 Å². The zero-order valence-electron chi connectivity index (χ0n) is 11.5. The van der Waals surface area contributed by atoms with Crippen LogP contribution in [0, 0.1) is 5.92 Å². The van der Waals surface area contributed by atoms with Crippen LogP contribution in [-0.4, -0.2) is 34.6 Å². The third-order valence-corrected chi connectivity index (χ3v) is 3.80. The first-order valence-corrected chi connectivity index (χ1v) is 7.17. The highest BCUT2D eigenvalue weighted by Gasteiger charge is 2.15. The van der Waals surface area contributed by atoms with Crippen molar-refractivity contribution in [3.63, 3.8) is 0 Å². The van der Waals surface area contributed by atoms with Crippen molar-refractivity contribution >= 4 is 0 Å². The molecule has 1 fully saturated rings. The maximum Gasteiger partial charge on any atom is 0.0950 e. The first-order chi connectivity index (χ1) is 8.78. The molecule has 0 aliphatic heterocycles. The van der Waals surface area contributed by atoms with Crippen molar-refractivity contribution in [1.29, 1.82) is 0 Å². The Kier molecular flexibility index (Phi) is 5.20. The Bertz CT molecular complexity index is 341. The number of rotatable bonds is 6. The van der Waals surface area contributed by atoms with E-state index in [2.05, 4.69) is 27.7 Å². The highest BCUT2D eigenvalue weighted by molar-refractivity contribution is 4.96. The molecule has 0 amide bonds. The molecule has 0 unspecified atom stereocenters. The zero-order valence-corrected chi connectivity index (χ0v) is 11.5. The summed E-state index contributed by atoms with van der Waals surface area (Å²) < 4.78 is 2.07. The van der Waals surface area contributed by atoms with Crippen LogP contribution in [0.4, 0.5) is 0 Å². The van der Waals surface area contributed by atoms with Gasteiger partial charge in [0.1, 0.15) is 0 Å². The standard InChI is InChI=1S/C14H26N4/c1-17(9-13-5-3-2-4-6-13)10-14-11-18(8-7-15)12-16-14/h11-13H,2-10,15H2,1H3. The van der Waals surface area contributed by atoms with E-state index in [0.29, 0.717) is 6.54 Å². The fourth-order valence-corrected chi connectivity index (χ4v) is 2.91. The first-order valence-electron chi connectivity index (χ1n) is 7.17. The fourth-order valence-electron chi connectivity index (χ4n) is 2.91. The van der Waals surface area contributed by atoms with Gasteiger partial charge in [-0.1, -0.05) is 19.3 Å². The molecule has 102 valence electrons. The van der Waals surface area contributed by atoms with Gasteiger partial charge in [0, 0.05) is 32.4 Å². The van der Waals surface area contributed by atoms with Gasteiger partial charge in [-0.25, -0.2) is 4.98 Å². The highest BCUT2D eigenvalue weighted by Crippen LogP contribution is 2.24. The van der Waals surface area contributed by atoms with Crippen molar-refractivity contribution in [2.45, 2.75) is 45.2 Å². The summed E-state index contributed by atoms with van der Waals surface area (Å²) >= 11 is 0. The van der Waals surface area contributed by atoms with Crippen molar-refractivity contribution in [1.82, 2.24) is 14.5 Å². The molecule has 0 aromatic carbocycles. The van der Waals surface area contributed by atoms with Crippen LogP contribution in [0.15, 0.2) is 12.5 Å². The van der Waals surface area contributed by atoms with Crippen LogP contribution in [-0.2, 0) is 13.1 Å². The molecule has 2 N–H and O–H groups in total. The summed E-state index contributed by atoms with van der Waals surface area (Å²) in [5, 5.41) is 0. The maximum atomic E-state index is 5.54. The van der Waals surface area contributed by atoms with Gasteiger partial charge in [0.15, 0.2) is 0 Å². The average Bonchev–Trinajstić information content (AvgIpc) is 2.78. The van der Waals surface area contributed by atoms with Crippen LogP contribution < -0.4 is 5.73 Å². The molecule has 4 heteroatoms. The van der Waals surface area contributed by atoms with Crippen molar-refractivity contribution in [2.75, 3.05) is 20.1 Å². The number of hydrogen-bond donors (Lipinski definition) is 1. The van der Waals surface area contributed by atoms with Crippen molar-refractivity contribution in [3.8, 4) is 0 Å². The van der Waals surface area contributed by atoms with Gasteiger partial charge in [0.25, 0.3) is 0 Å². The van der Waals surface area contributed by atoms with Gasteiger partial charge in [-0.3, -0.25) is 0 Å². The molecule has 1 aliphatic rings. The van der Waals surface area contributed by atoms with E-state index in [9.17, 15) is 0 Å². The molecule has 4 nitrogen and oxygen atoms in total. The van der Waals surface area contributed by atoms with E-state index < -0.39 is 0 Å². The van der Waals surface area contributed by atoms with Crippen molar-refractivity contribution in [3.05, 3.63) is 18.2 Å². The Morgan fingerprint density at radius 2 is 2.17 bits per heavy atom. The molecule has 1 saturated carbocycles. The Balaban J connectivity index is 1.76. The van der Waals surface area contributed by atoms with Crippen LogP contribution in [0.2, 0.25) is 0 Å². The van der Waals surface area contributed by atoms with E-state index >= 15 is 0 Å². The molecule has 0 saturated heterocycles. The first kappa shape index (κ1) is 13.6. The number of aromatic nitrogens is 2. The molecule has 0 atom stereocenters. The summed E-state index contributed by atoms with van der Waals surface area (Å²) in [4.78, 5) is 6.84. The maximum absolute atomic E-state index is 5.54. The zero-order chi connectivity index (χ0) is 12.8. The minimum Gasteiger partial charge on any atom is -0.336 e. The minimum absolute atomic E-state index is 0.674. The Morgan fingerprint density at radius 1 is 1.39 bits per heavy atom. The SMILES string of the molecule is CN(Cc1cn(CCN)cn1)CC1CCCCC1. The summed E-state index contributed by atoms with van der Waals surface area (Å²) in [6, 6.07) is 0. The molecule has 2 rings (SSSR count). The summed E-state index contributed by atoms with van der Waals surface area (Å²) in [5.41, 5.74) is 6.69. The predicted molar refractivity (Wildman–Crippen MR) is 74.2 cm³/mol. The quantitative estimate of drug-likeness (QED) is 0.838. The molecule has 1 heterocycles. The van der Waals surface area contributed by atoms with Crippen LogP contribution >= 0.6 is 0 Å². The van der Waals surface area contributed by atoms with Gasteiger partial charge in [-0.05, 0) is 25.8 Å². The molecular formula is C14H26N4. The molecule has 1 aromatic heterocycles. The van der Waals surface area contributed by atoms with Crippen LogP contribution in [0.5, 0.6) is 0 Å². The van der Waals surface area contributed by atoms with Crippen LogP contribution in [0.3, 0.4) is 0 Å². The summed E-state index contributed by atoms with van der Waals surface area (Å²) in [6.07, 6.45) is 11.1. The van der Waals surface area contributed by atoms with E-state index in [0.717, 1.165) is 24.7 Å². The smallest absolute Gasteiger partial charge is 0.0950 e. The van der Waals surface area contributed by atoms with E-state index in [4.69, 9.17) is 5.73 Å². The summed E-state index contributed by atoms with van der Waals surface area (Å²) in [7, 11) is 2.20. The van der Waals surface area contributed by atoms with Crippen LogP contribution in [0.25, 0.3) is 0 Å². The number of nitrogens with zero attached hydrogens (tertiary/aromatic N) is 3. The molecule has 0 bridgehead atoms. The Hall–Kier alpha value is -0.870. The third-order valence-electron chi connectivity index (χ3n) is 3.80. The number of imidazole rings is 1. The second-order valence-electron chi connectivity index (χ2n) is 5.59. The normalized spacial score (nSPS) is 17.5. The van der Waals surface area contributed by atoms with E-state index in [1.807, 2.05) is 6.33 Å². The molecule has 0 spiro atoms. The second-order valence-corrected chi connectivity index (χ2v) is 5.59. The molecule has 1 aromatic rings. The predicted octanol–water partition coefficient (Wildman–Crippen LogP) is 1.85. The lowest BCUT2D eigenvalue weighted by Crippen LogP contribution is -2.26. The fraction of sp³-hybridized carbons (Fsp3) is 0.786. The number of hydrogen-bond acceptors (Lipinski definition) is 3. The van der Waals surface area contributed by atoms with Gasteiger partial charge in [-0.2, -0.15) is 0 Å². The molecule has 0 radical (unpaired) electrons. The van der Waals surface area contributed by atoms with Gasteiger partial charge in [-0.15, -0.1) is 0 Å². The molecular weight excluding hydrogens is 224 g/mol. The average molecular weight is 250 g/mol. The lowest BCUT2D eigenvalue weighted by atomic mass is 9.89. The monoisotopic (exact) mass is 250 g/mol. The van der Waals surface area contributed by atoms with E-state index in [1.54, 1.807) is 0 Å². The Morgan fingerprint density at radius 3 is 2.89 bits per heavy atom. The minimum atomic E-state index is 0.674. The topological polar surface area (TPSA) is 47.1 Å². The second kappa shape index (κ2) is 6.90. The van der Waals surface area contributed by atoms with E-state index in [1.165, 1.54) is 38.6 Å². The van der Waals surface area contributed by atoms with Crippen molar-refractivity contribution in [2.24, 2.45) is 11.7 Å². The number of nitrogens with two attached hydrogens (primary N) is 1. The lowest BCUT2D eigenvalue weighted by Gasteiger charge is -2.26. The lowest BCUT2D eigenvalue weighted by molar-refractivity contribution is 0.226. The highest BCUT2D eigenvalue weighted by atomic mass is 15.1. The Labute approximate surface area is 110 Å². The molecule has 18 heavy (non-hydrogen) atoms.